The quantitative estimate of drug-likeness (QED) is 0.380. The standard InChI is InChI=1S/CH2Cl3OPS2/c2-1(3,4)6(5,7)8/h(H2,5,7,8). The van der Waals surface area contributed by atoms with Crippen LogP contribution in [0.2, 0.25) is 0 Å². The molecule has 50 valence electrons. The summed E-state index contributed by atoms with van der Waals surface area (Å²) in [6.45, 7) is 0. The lowest BCUT2D eigenvalue weighted by atomic mass is 11.8. The Labute approximate surface area is 72.6 Å². The van der Waals surface area contributed by atoms with Crippen LogP contribution in [0.5, 0.6) is 0 Å². The summed E-state index contributed by atoms with van der Waals surface area (Å²) in [6, 6.07) is 0. The molecule has 1 unspecified atom stereocenters. The Hall–Kier alpha value is 1.83. The largest absolute Gasteiger partial charge is 0.354 e. The first-order valence-electron chi connectivity index (χ1n) is 1.37. The summed E-state index contributed by atoms with van der Waals surface area (Å²) in [5.41, 5.74) is -3.03. The van der Waals surface area contributed by atoms with Gasteiger partial charge in [0.15, 0.2) is 5.47 Å². The van der Waals surface area contributed by atoms with Gasteiger partial charge in [-0.25, -0.2) is 0 Å². The molecule has 0 bridgehead atoms. The van der Waals surface area contributed by atoms with E-state index in [0.29, 0.717) is 0 Å². The van der Waals surface area contributed by atoms with Crippen molar-refractivity contribution in [1.29, 1.82) is 0 Å². The molecule has 0 aromatic rings. The normalized spacial score (nSPS) is 20.1. The summed E-state index contributed by atoms with van der Waals surface area (Å²) in [5, 5.41) is 0. The molecule has 0 aromatic carbocycles. The van der Waals surface area contributed by atoms with Gasteiger partial charge in [-0.05, 0) is 0 Å². The van der Waals surface area contributed by atoms with Gasteiger partial charge in [0.2, 0.25) is 3.53 Å². The number of hydrogen-bond acceptors (Lipinski definition) is 1. The van der Waals surface area contributed by atoms with Gasteiger partial charge in [-0.1, -0.05) is 46.6 Å². The fourth-order valence-electron chi connectivity index (χ4n) is 0. The lowest BCUT2D eigenvalue weighted by Crippen LogP contribution is -1.96. The Kier molecular flexibility index (Phi) is 3.48. The van der Waals surface area contributed by atoms with Crippen molar-refractivity contribution in [3.63, 3.8) is 0 Å². The minimum atomic E-state index is -3.03. The lowest BCUT2D eigenvalue weighted by Gasteiger charge is -2.15. The van der Waals surface area contributed by atoms with Crippen LogP contribution in [0.3, 0.4) is 0 Å². The number of alkyl halides is 3. The molecule has 0 heterocycles. The molecule has 0 radical (unpaired) electrons. The van der Waals surface area contributed by atoms with E-state index in [-0.39, 0.29) is 0 Å². The lowest BCUT2D eigenvalue weighted by molar-refractivity contribution is 0.639. The predicted molar refractivity (Wildman–Crippen MR) is 45.8 cm³/mol. The van der Waals surface area contributed by atoms with Crippen LogP contribution >= 0.6 is 52.5 Å². The van der Waals surface area contributed by atoms with Crippen LogP contribution in [0.25, 0.3) is 0 Å². The Balaban J connectivity index is 4.26. The van der Waals surface area contributed by atoms with Crippen LogP contribution < -0.4 is 0 Å². The van der Waals surface area contributed by atoms with Crippen molar-refractivity contribution in [2.24, 2.45) is 0 Å². The maximum Gasteiger partial charge on any atom is 0.249 e. The second-order valence-corrected chi connectivity index (χ2v) is 9.98. The topological polar surface area (TPSA) is 20.2 Å². The summed E-state index contributed by atoms with van der Waals surface area (Å²) in [7, 11) is 0. The maximum atomic E-state index is 8.75. The first kappa shape index (κ1) is 9.83. The van der Waals surface area contributed by atoms with E-state index in [2.05, 4.69) is 24.1 Å². The zero-order valence-electron chi connectivity index (χ0n) is 3.38. The molecular weight excluding hydrogens is 229 g/mol. The van der Waals surface area contributed by atoms with E-state index in [1.165, 1.54) is 0 Å². The summed E-state index contributed by atoms with van der Waals surface area (Å²) >= 11 is 23.4. The van der Waals surface area contributed by atoms with Crippen LogP contribution in [0.1, 0.15) is 0 Å². The molecule has 0 aromatic heterocycles. The number of halogens is 3. The molecule has 8 heavy (non-hydrogen) atoms. The average molecular weight is 231 g/mol. The summed E-state index contributed by atoms with van der Waals surface area (Å²) < 4.78 is -1.80. The first-order chi connectivity index (χ1) is 3.25. The van der Waals surface area contributed by atoms with E-state index in [9.17, 15) is 0 Å². The smallest absolute Gasteiger partial charge is 0.249 e. The molecule has 1 nitrogen and oxygen atoms in total. The van der Waals surface area contributed by atoms with Crippen molar-refractivity contribution in [3.05, 3.63) is 0 Å². The van der Waals surface area contributed by atoms with E-state index in [4.69, 9.17) is 39.7 Å². The Morgan fingerprint density at radius 3 is 1.62 bits per heavy atom. The molecule has 0 spiro atoms. The summed E-state index contributed by atoms with van der Waals surface area (Å²) in [5.74, 6) is 0. The molecular formula is CH2Cl3OPS2. The molecule has 1 atom stereocenters. The minimum absolute atomic E-state index is 1.80. The van der Waals surface area contributed by atoms with Crippen molar-refractivity contribution in [2.75, 3.05) is 0 Å². The van der Waals surface area contributed by atoms with Crippen LogP contribution in [0, 0.1) is 0 Å². The van der Waals surface area contributed by atoms with Crippen LogP contribution in [0.4, 0.5) is 0 Å². The Morgan fingerprint density at radius 2 is 1.62 bits per heavy atom. The zero-order chi connectivity index (χ0) is 7.00. The third-order valence-electron chi connectivity index (χ3n) is 0.330. The van der Waals surface area contributed by atoms with Gasteiger partial charge >= 0.3 is 0 Å². The highest BCUT2D eigenvalue weighted by atomic mass is 35.6. The molecule has 7 heteroatoms. The van der Waals surface area contributed by atoms with Crippen LogP contribution in [-0.2, 0) is 11.8 Å². The van der Waals surface area contributed by atoms with Crippen molar-refractivity contribution in [3.8, 4) is 0 Å². The van der Waals surface area contributed by atoms with E-state index >= 15 is 0 Å². The van der Waals surface area contributed by atoms with Crippen molar-refractivity contribution in [1.82, 2.24) is 0 Å². The van der Waals surface area contributed by atoms with Crippen LogP contribution in [-0.4, -0.2) is 8.43 Å². The van der Waals surface area contributed by atoms with Crippen molar-refractivity contribution in [2.45, 2.75) is 3.53 Å². The molecule has 1 N–H and O–H groups in total. The fraction of sp³-hybridized carbons (Fsp3) is 1.00. The molecule has 0 aliphatic heterocycles. The van der Waals surface area contributed by atoms with Gasteiger partial charge in [0.25, 0.3) is 0 Å². The Bertz CT molecular complexity index is 124. The second kappa shape index (κ2) is 2.83. The first-order valence-corrected chi connectivity index (χ1v) is 6.41. The molecule has 0 amide bonds. The number of thiol groups is 1. The molecule has 0 saturated carbocycles. The van der Waals surface area contributed by atoms with Crippen molar-refractivity contribution >= 4 is 64.3 Å². The third kappa shape index (κ3) is 3.11. The summed E-state index contributed by atoms with van der Waals surface area (Å²) in [4.78, 5) is 8.75. The highest BCUT2D eigenvalue weighted by molar-refractivity contribution is 8.62. The third-order valence-corrected chi connectivity index (χ3v) is 6.88. The van der Waals surface area contributed by atoms with Gasteiger partial charge in [0, 0.05) is 0 Å². The molecule has 0 fully saturated rings. The van der Waals surface area contributed by atoms with Gasteiger partial charge in [-0.15, -0.1) is 12.2 Å². The maximum absolute atomic E-state index is 8.75. The van der Waals surface area contributed by atoms with E-state index < -0.39 is 9.00 Å². The monoisotopic (exact) mass is 230 g/mol. The zero-order valence-corrected chi connectivity index (χ0v) is 8.26. The van der Waals surface area contributed by atoms with E-state index in [1.54, 1.807) is 0 Å². The molecule has 0 saturated heterocycles. The van der Waals surface area contributed by atoms with E-state index in [1.807, 2.05) is 0 Å². The van der Waals surface area contributed by atoms with Crippen molar-refractivity contribution < 1.29 is 4.89 Å². The SMILES string of the molecule is OP(=S)(S)C(Cl)(Cl)Cl. The van der Waals surface area contributed by atoms with Gasteiger partial charge in [-0.2, -0.15) is 0 Å². The molecule has 0 aliphatic rings. The fourth-order valence-corrected chi connectivity index (χ4v) is 0. The van der Waals surface area contributed by atoms with Gasteiger partial charge in [-0.3, -0.25) is 0 Å². The Morgan fingerprint density at radius 1 is 1.50 bits per heavy atom. The number of hydrogen-bond donors (Lipinski definition) is 2. The number of rotatable bonds is 0. The predicted octanol–water partition coefficient (Wildman–Crippen LogP) is 2.55. The molecule has 0 aliphatic carbocycles. The molecule has 0 rings (SSSR count). The van der Waals surface area contributed by atoms with Gasteiger partial charge in [0.1, 0.15) is 0 Å². The highest BCUT2D eigenvalue weighted by Crippen LogP contribution is 2.65. The average Bonchev–Trinajstić information content (AvgIpc) is 1.25. The van der Waals surface area contributed by atoms with Crippen LogP contribution in [0.15, 0.2) is 0 Å². The van der Waals surface area contributed by atoms with E-state index in [0.717, 1.165) is 0 Å². The second-order valence-electron chi connectivity index (χ2n) is 1.01. The summed E-state index contributed by atoms with van der Waals surface area (Å²) in [6.07, 6.45) is 0. The van der Waals surface area contributed by atoms with Gasteiger partial charge in [0.05, 0.1) is 0 Å². The van der Waals surface area contributed by atoms with Gasteiger partial charge < -0.3 is 4.89 Å². The minimum Gasteiger partial charge on any atom is -0.354 e. The highest BCUT2D eigenvalue weighted by Gasteiger charge is 2.34.